The lowest BCUT2D eigenvalue weighted by atomic mass is 10.2. The Morgan fingerprint density at radius 3 is 2.61 bits per heavy atom. The number of fused-ring (bicyclic) bond motifs is 3. The monoisotopic (exact) mass is 567 g/mol. The van der Waals surface area contributed by atoms with E-state index in [1.54, 1.807) is 30.7 Å². The fourth-order valence-electron chi connectivity index (χ4n) is 3.94. The van der Waals surface area contributed by atoms with Crippen molar-refractivity contribution in [1.82, 2.24) is 29.7 Å². The predicted molar refractivity (Wildman–Crippen MR) is 139 cm³/mol. The number of anilines is 1. The van der Waals surface area contributed by atoms with Gasteiger partial charge in [0.05, 0.1) is 36.4 Å². The summed E-state index contributed by atoms with van der Waals surface area (Å²) in [5.74, 6) is 1.24. The number of ether oxygens (including phenoxy) is 4. The Morgan fingerprint density at radius 1 is 1.21 bits per heavy atom. The quantitative estimate of drug-likeness (QED) is 0.363. The molecule has 0 fully saturated rings. The molecule has 1 N–H and O–H groups in total. The zero-order valence-electron chi connectivity index (χ0n) is 21.7. The lowest BCUT2D eigenvalue weighted by Gasteiger charge is -2.26. The maximum atomic E-state index is 13.7. The van der Waals surface area contributed by atoms with Crippen LogP contribution in [0.3, 0.4) is 0 Å². The first-order valence-electron chi connectivity index (χ1n) is 12.0. The molecule has 4 rings (SSSR count). The van der Waals surface area contributed by atoms with Gasteiger partial charge in [-0.3, -0.25) is 9.29 Å². The molecule has 0 aromatic carbocycles. The van der Waals surface area contributed by atoms with Gasteiger partial charge >= 0.3 is 0 Å². The van der Waals surface area contributed by atoms with Crippen LogP contribution in [0.4, 0.5) is 5.95 Å². The van der Waals surface area contributed by atoms with Gasteiger partial charge in [0.15, 0.2) is 17.4 Å². The minimum absolute atomic E-state index is 0.00380. The summed E-state index contributed by atoms with van der Waals surface area (Å²) < 4.78 is 54.5. The molecule has 15 heteroatoms. The molecule has 0 saturated heterocycles. The summed E-state index contributed by atoms with van der Waals surface area (Å²) in [5, 5.41) is 7.70. The van der Waals surface area contributed by atoms with Crippen LogP contribution >= 0.6 is 11.6 Å². The van der Waals surface area contributed by atoms with Crippen molar-refractivity contribution < 1.29 is 27.4 Å². The summed E-state index contributed by atoms with van der Waals surface area (Å²) >= 11 is 5.93. The molecule has 13 nitrogen and oxygen atoms in total. The Bertz CT molecular complexity index is 1350. The molecule has 206 valence electrons. The van der Waals surface area contributed by atoms with E-state index >= 15 is 0 Å². The van der Waals surface area contributed by atoms with E-state index < -0.39 is 27.4 Å². The fourth-order valence-corrected chi connectivity index (χ4v) is 5.13. The second kappa shape index (κ2) is 11.8. The lowest BCUT2D eigenvalue weighted by Crippen LogP contribution is -2.35. The van der Waals surface area contributed by atoms with Gasteiger partial charge in [-0.2, -0.15) is 0 Å². The standard InChI is InChI=1S/C23H30ClN7O6S/c1-6-35-11-16-12-36-19-17(7-8-25-22(19)34-5)21-28-29-23(31(16)21)30-38(32,33)14(4)18(37-13(2)3)20-26-9-15(24)10-27-20/h7-10,13-14,16,18H,6,11-12H2,1-5H3,(H,29,30)/t14-,16-,18+/m0/s1. The van der Waals surface area contributed by atoms with Gasteiger partial charge in [0.25, 0.3) is 5.88 Å². The first kappa shape index (κ1) is 28.0. The third kappa shape index (κ3) is 5.82. The Balaban J connectivity index is 1.73. The number of aromatic nitrogens is 6. The molecule has 0 bridgehead atoms. The van der Waals surface area contributed by atoms with E-state index in [0.29, 0.717) is 28.8 Å². The van der Waals surface area contributed by atoms with Crippen LogP contribution in [0, 0.1) is 0 Å². The average Bonchev–Trinajstić information content (AvgIpc) is 3.21. The summed E-state index contributed by atoms with van der Waals surface area (Å²) in [6.07, 6.45) is 3.06. The molecule has 0 aliphatic carbocycles. The van der Waals surface area contributed by atoms with Crippen LogP contribution in [0.1, 0.15) is 45.7 Å². The molecule has 1 aliphatic heterocycles. The van der Waals surface area contributed by atoms with Crippen molar-refractivity contribution in [3.05, 3.63) is 35.5 Å². The number of halogens is 1. The van der Waals surface area contributed by atoms with Crippen molar-refractivity contribution in [2.45, 2.75) is 51.2 Å². The third-order valence-electron chi connectivity index (χ3n) is 5.76. The van der Waals surface area contributed by atoms with Crippen molar-refractivity contribution in [3.8, 4) is 23.0 Å². The van der Waals surface area contributed by atoms with E-state index in [2.05, 4.69) is 29.9 Å². The van der Waals surface area contributed by atoms with Crippen LogP contribution in [-0.2, 0) is 19.5 Å². The van der Waals surface area contributed by atoms with Gasteiger partial charge < -0.3 is 18.9 Å². The van der Waals surface area contributed by atoms with Gasteiger partial charge in [-0.05, 0) is 33.8 Å². The average molecular weight is 568 g/mol. The van der Waals surface area contributed by atoms with Crippen LogP contribution in [0.5, 0.6) is 11.6 Å². The largest absolute Gasteiger partial charge is 0.485 e. The summed E-state index contributed by atoms with van der Waals surface area (Å²) in [7, 11) is -2.61. The topological polar surface area (TPSA) is 152 Å². The minimum atomic E-state index is -4.10. The van der Waals surface area contributed by atoms with E-state index in [4.69, 9.17) is 30.5 Å². The normalized spacial score (nSPS) is 16.7. The van der Waals surface area contributed by atoms with Crippen molar-refractivity contribution >= 4 is 27.6 Å². The second-order valence-corrected chi connectivity index (χ2v) is 11.2. The highest BCUT2D eigenvalue weighted by atomic mass is 35.5. The maximum absolute atomic E-state index is 13.7. The van der Waals surface area contributed by atoms with E-state index in [9.17, 15) is 8.42 Å². The smallest absolute Gasteiger partial charge is 0.257 e. The number of methoxy groups -OCH3 is 1. The Hall–Kier alpha value is -3.07. The van der Waals surface area contributed by atoms with Crippen LogP contribution in [0.15, 0.2) is 24.7 Å². The summed E-state index contributed by atoms with van der Waals surface area (Å²) in [4.78, 5) is 12.6. The summed E-state index contributed by atoms with van der Waals surface area (Å²) in [5.41, 5.74) is 0.553. The molecule has 3 aromatic heterocycles. The zero-order chi connectivity index (χ0) is 27.4. The molecule has 0 radical (unpaired) electrons. The molecule has 0 amide bonds. The summed E-state index contributed by atoms with van der Waals surface area (Å²) in [6.45, 7) is 7.81. The maximum Gasteiger partial charge on any atom is 0.257 e. The number of nitrogens with zero attached hydrogens (tertiary/aromatic N) is 6. The van der Waals surface area contributed by atoms with Gasteiger partial charge in [0.2, 0.25) is 16.0 Å². The van der Waals surface area contributed by atoms with E-state index in [0.717, 1.165) is 0 Å². The predicted octanol–water partition coefficient (Wildman–Crippen LogP) is 3.06. The number of nitrogens with one attached hydrogen (secondary N) is 1. The Kier molecular flexibility index (Phi) is 8.65. The molecule has 0 saturated carbocycles. The highest BCUT2D eigenvalue weighted by molar-refractivity contribution is 7.93. The van der Waals surface area contributed by atoms with Gasteiger partial charge in [0.1, 0.15) is 18.0 Å². The molecule has 0 spiro atoms. The minimum Gasteiger partial charge on any atom is -0.485 e. The van der Waals surface area contributed by atoms with Gasteiger partial charge in [-0.25, -0.2) is 23.4 Å². The van der Waals surface area contributed by atoms with E-state index in [1.165, 1.54) is 26.4 Å². The second-order valence-electron chi connectivity index (χ2n) is 8.76. The molecular formula is C23H30ClN7O6S. The van der Waals surface area contributed by atoms with Crippen LogP contribution in [0.25, 0.3) is 11.4 Å². The number of sulfonamides is 1. The van der Waals surface area contributed by atoms with Crippen LogP contribution in [-0.4, -0.2) is 76.4 Å². The molecule has 0 unspecified atom stereocenters. The van der Waals surface area contributed by atoms with Gasteiger partial charge in [0, 0.05) is 25.2 Å². The Labute approximate surface area is 225 Å². The number of pyridine rings is 1. The van der Waals surface area contributed by atoms with Crippen molar-refractivity contribution in [3.63, 3.8) is 0 Å². The fraction of sp³-hybridized carbons (Fsp3) is 0.522. The van der Waals surface area contributed by atoms with Gasteiger partial charge in [-0.15, -0.1) is 10.2 Å². The Morgan fingerprint density at radius 2 is 1.95 bits per heavy atom. The summed E-state index contributed by atoms with van der Waals surface area (Å²) in [6, 6.07) is 1.25. The van der Waals surface area contributed by atoms with Crippen LogP contribution < -0.4 is 14.2 Å². The molecule has 4 heterocycles. The number of hydrogen-bond acceptors (Lipinski definition) is 11. The number of hydrogen-bond donors (Lipinski definition) is 1. The highest BCUT2D eigenvalue weighted by Gasteiger charge is 2.37. The molecule has 3 atom stereocenters. The van der Waals surface area contributed by atoms with Crippen molar-refractivity contribution in [2.75, 3.05) is 31.7 Å². The first-order chi connectivity index (χ1) is 18.2. The van der Waals surface area contributed by atoms with E-state index in [1.807, 2.05) is 6.92 Å². The molecule has 3 aromatic rings. The lowest BCUT2D eigenvalue weighted by molar-refractivity contribution is 0.00154. The SMILES string of the molecule is CCOC[C@H]1COc2c(ccnc2OC)-c2nnc(NS(=O)(=O)[C@@H](C)[C@@H](OC(C)C)c3ncc(Cl)cn3)n21. The third-order valence-corrected chi connectivity index (χ3v) is 7.65. The van der Waals surface area contributed by atoms with Crippen molar-refractivity contribution in [2.24, 2.45) is 0 Å². The van der Waals surface area contributed by atoms with Crippen molar-refractivity contribution in [1.29, 1.82) is 0 Å². The first-order valence-corrected chi connectivity index (χ1v) is 13.9. The van der Waals surface area contributed by atoms with E-state index in [-0.39, 0.29) is 37.0 Å². The zero-order valence-corrected chi connectivity index (χ0v) is 23.2. The molecule has 1 aliphatic rings. The number of rotatable bonds is 11. The highest BCUT2D eigenvalue weighted by Crippen LogP contribution is 2.40. The molecule has 38 heavy (non-hydrogen) atoms. The van der Waals surface area contributed by atoms with Gasteiger partial charge in [-0.1, -0.05) is 11.6 Å². The van der Waals surface area contributed by atoms with Crippen LogP contribution in [0.2, 0.25) is 5.02 Å². The molecular weight excluding hydrogens is 538 g/mol.